The van der Waals surface area contributed by atoms with E-state index in [1.807, 2.05) is 41.3 Å². The number of aryl methyl sites for hydroxylation is 1. The van der Waals surface area contributed by atoms with Crippen LogP contribution < -0.4 is 5.32 Å². The van der Waals surface area contributed by atoms with Crippen LogP contribution in [-0.2, 0) is 16.0 Å². The third-order valence-corrected chi connectivity index (χ3v) is 5.60. The summed E-state index contributed by atoms with van der Waals surface area (Å²) < 4.78 is 0. The van der Waals surface area contributed by atoms with Gasteiger partial charge in [0.25, 0.3) is 0 Å². The fourth-order valence-corrected chi connectivity index (χ4v) is 3.91. The summed E-state index contributed by atoms with van der Waals surface area (Å²) in [5, 5.41) is 3.20. The molecule has 1 saturated heterocycles. The number of hydrogen-bond donors (Lipinski definition) is 1. The van der Waals surface area contributed by atoms with E-state index in [1.165, 1.54) is 5.56 Å². The van der Waals surface area contributed by atoms with E-state index in [9.17, 15) is 9.59 Å². The van der Waals surface area contributed by atoms with E-state index in [-0.39, 0.29) is 23.8 Å². The quantitative estimate of drug-likeness (QED) is 0.744. The molecule has 1 aromatic carbocycles. The lowest BCUT2D eigenvalue weighted by Gasteiger charge is -2.33. The second kappa shape index (κ2) is 10.7. The number of rotatable bonds is 8. The molecule has 1 fully saturated rings. The molecule has 0 radical (unpaired) electrons. The van der Waals surface area contributed by atoms with Crippen molar-refractivity contribution in [2.45, 2.75) is 57.4 Å². The number of piperidine rings is 1. The molecule has 5 nitrogen and oxygen atoms in total. The first-order valence-electron chi connectivity index (χ1n) is 10.7. The van der Waals surface area contributed by atoms with Crippen LogP contribution in [0.3, 0.4) is 0 Å². The van der Waals surface area contributed by atoms with Gasteiger partial charge in [-0.25, -0.2) is 0 Å². The molecule has 1 aromatic heterocycles. The number of pyridine rings is 1. The predicted molar refractivity (Wildman–Crippen MR) is 114 cm³/mol. The molecular weight excluding hydrogens is 362 g/mol. The van der Waals surface area contributed by atoms with Crippen LogP contribution in [0.1, 0.15) is 56.2 Å². The van der Waals surface area contributed by atoms with Crippen LogP contribution in [-0.4, -0.2) is 40.8 Å². The van der Waals surface area contributed by atoms with Gasteiger partial charge in [0, 0.05) is 31.7 Å². The van der Waals surface area contributed by atoms with Gasteiger partial charge in [-0.05, 0) is 43.4 Å². The second-order valence-corrected chi connectivity index (χ2v) is 7.75. The van der Waals surface area contributed by atoms with Crippen molar-refractivity contribution >= 4 is 11.8 Å². The molecule has 1 N–H and O–H groups in total. The van der Waals surface area contributed by atoms with Crippen molar-refractivity contribution in [3.63, 3.8) is 0 Å². The Bertz CT molecular complexity index is 771. The molecule has 1 aliphatic rings. The van der Waals surface area contributed by atoms with E-state index in [0.29, 0.717) is 19.5 Å². The van der Waals surface area contributed by atoms with E-state index in [4.69, 9.17) is 0 Å². The Morgan fingerprint density at radius 1 is 1.10 bits per heavy atom. The average Bonchev–Trinajstić information content (AvgIpc) is 2.77. The smallest absolute Gasteiger partial charge is 0.229 e. The Balaban J connectivity index is 1.46. The highest BCUT2D eigenvalue weighted by atomic mass is 16.2. The van der Waals surface area contributed by atoms with Crippen LogP contribution in [0.25, 0.3) is 0 Å². The van der Waals surface area contributed by atoms with Crippen molar-refractivity contribution in [2.75, 3.05) is 13.1 Å². The van der Waals surface area contributed by atoms with Crippen LogP contribution in [0.4, 0.5) is 0 Å². The lowest BCUT2D eigenvalue weighted by atomic mass is 9.96. The number of carbonyl (C=O) groups is 2. The van der Waals surface area contributed by atoms with Gasteiger partial charge < -0.3 is 10.2 Å². The maximum atomic E-state index is 12.8. The zero-order valence-corrected chi connectivity index (χ0v) is 17.2. The molecule has 0 aliphatic carbocycles. The van der Waals surface area contributed by atoms with Crippen molar-refractivity contribution in [3.8, 4) is 0 Å². The first-order chi connectivity index (χ1) is 14.2. The van der Waals surface area contributed by atoms with Gasteiger partial charge in [0.2, 0.25) is 11.8 Å². The van der Waals surface area contributed by atoms with Crippen molar-refractivity contribution in [1.29, 1.82) is 0 Å². The number of benzene rings is 1. The zero-order valence-electron chi connectivity index (χ0n) is 17.2. The topological polar surface area (TPSA) is 62.3 Å². The van der Waals surface area contributed by atoms with Crippen LogP contribution in [0.5, 0.6) is 0 Å². The molecule has 2 aromatic rings. The van der Waals surface area contributed by atoms with Crippen LogP contribution in [0.15, 0.2) is 54.7 Å². The van der Waals surface area contributed by atoms with E-state index in [2.05, 4.69) is 29.4 Å². The molecule has 0 spiro atoms. The lowest BCUT2D eigenvalue weighted by molar-refractivity contribution is -0.132. The van der Waals surface area contributed by atoms with Gasteiger partial charge in [0.1, 0.15) is 0 Å². The summed E-state index contributed by atoms with van der Waals surface area (Å²) in [7, 11) is 0. The monoisotopic (exact) mass is 393 g/mol. The highest BCUT2D eigenvalue weighted by molar-refractivity contribution is 5.83. The van der Waals surface area contributed by atoms with E-state index in [0.717, 1.165) is 37.8 Å². The Labute approximate surface area is 173 Å². The summed E-state index contributed by atoms with van der Waals surface area (Å²) in [4.78, 5) is 31.7. The largest absolute Gasteiger partial charge is 0.353 e. The molecule has 29 heavy (non-hydrogen) atoms. The van der Waals surface area contributed by atoms with Crippen molar-refractivity contribution in [3.05, 3.63) is 66.0 Å². The zero-order chi connectivity index (χ0) is 20.5. The van der Waals surface area contributed by atoms with Crippen molar-refractivity contribution < 1.29 is 9.59 Å². The summed E-state index contributed by atoms with van der Waals surface area (Å²) in [5.74, 6) is 0.0575. The molecule has 1 aliphatic heterocycles. The average molecular weight is 394 g/mol. The van der Waals surface area contributed by atoms with Crippen LogP contribution >= 0.6 is 0 Å². The summed E-state index contributed by atoms with van der Waals surface area (Å²) in [6.45, 7) is 3.50. The predicted octanol–water partition coefficient (Wildman–Crippen LogP) is 3.71. The van der Waals surface area contributed by atoms with Crippen molar-refractivity contribution in [2.24, 2.45) is 0 Å². The molecule has 3 rings (SSSR count). The summed E-state index contributed by atoms with van der Waals surface area (Å²) in [6, 6.07) is 16.0. The molecule has 1 atom stereocenters. The van der Waals surface area contributed by atoms with Gasteiger partial charge in [-0.15, -0.1) is 0 Å². The number of nitrogens with zero attached hydrogens (tertiary/aromatic N) is 2. The minimum atomic E-state index is -0.202. The summed E-state index contributed by atoms with van der Waals surface area (Å²) in [5.41, 5.74) is 2.03. The standard InChI is InChI=1S/C24H31N3O2/c1-2-8-21(22-11-6-7-16-25-22)24(29)26-20-14-17-27(18-15-20)23(28)13-12-19-9-4-3-5-10-19/h3-7,9-11,16,20-21H,2,8,12-15,17-18H2,1H3,(H,26,29). The SMILES string of the molecule is CCCC(C(=O)NC1CCN(C(=O)CCc2ccccc2)CC1)c1ccccn1. The number of amides is 2. The molecule has 0 bridgehead atoms. The van der Waals surface area contributed by atoms with Gasteiger partial charge in [0.15, 0.2) is 0 Å². The van der Waals surface area contributed by atoms with Crippen LogP contribution in [0, 0.1) is 0 Å². The Morgan fingerprint density at radius 2 is 1.83 bits per heavy atom. The molecule has 2 amide bonds. The maximum Gasteiger partial charge on any atom is 0.229 e. The third-order valence-electron chi connectivity index (χ3n) is 5.60. The lowest BCUT2D eigenvalue weighted by Crippen LogP contribution is -2.47. The van der Waals surface area contributed by atoms with Gasteiger partial charge in [-0.2, -0.15) is 0 Å². The normalized spacial score (nSPS) is 15.7. The van der Waals surface area contributed by atoms with E-state index < -0.39 is 0 Å². The Hall–Kier alpha value is -2.69. The maximum absolute atomic E-state index is 12.8. The summed E-state index contributed by atoms with van der Waals surface area (Å²) >= 11 is 0. The molecule has 0 saturated carbocycles. The first kappa shape index (κ1) is 21.0. The van der Waals surface area contributed by atoms with Crippen LogP contribution in [0.2, 0.25) is 0 Å². The molecule has 154 valence electrons. The third kappa shape index (κ3) is 6.14. The molecule has 2 heterocycles. The minimum absolute atomic E-state index is 0.0550. The minimum Gasteiger partial charge on any atom is -0.353 e. The molecule has 5 heteroatoms. The number of nitrogens with one attached hydrogen (secondary N) is 1. The Kier molecular flexibility index (Phi) is 7.79. The summed E-state index contributed by atoms with van der Waals surface area (Å²) in [6.07, 6.45) is 6.40. The van der Waals surface area contributed by atoms with E-state index >= 15 is 0 Å². The number of aromatic nitrogens is 1. The van der Waals surface area contributed by atoms with Gasteiger partial charge in [0.05, 0.1) is 11.6 Å². The van der Waals surface area contributed by atoms with Gasteiger partial charge in [-0.1, -0.05) is 49.7 Å². The fraction of sp³-hybridized carbons (Fsp3) is 0.458. The number of hydrogen-bond acceptors (Lipinski definition) is 3. The number of likely N-dealkylation sites (tertiary alicyclic amines) is 1. The number of carbonyl (C=O) groups excluding carboxylic acids is 2. The van der Waals surface area contributed by atoms with Crippen molar-refractivity contribution in [1.82, 2.24) is 15.2 Å². The van der Waals surface area contributed by atoms with Gasteiger partial charge in [-0.3, -0.25) is 14.6 Å². The van der Waals surface area contributed by atoms with E-state index in [1.54, 1.807) is 6.20 Å². The molecule has 1 unspecified atom stereocenters. The highest BCUT2D eigenvalue weighted by Crippen LogP contribution is 2.21. The highest BCUT2D eigenvalue weighted by Gasteiger charge is 2.27. The molecular formula is C24H31N3O2. The fourth-order valence-electron chi connectivity index (χ4n) is 3.91. The second-order valence-electron chi connectivity index (χ2n) is 7.75. The Morgan fingerprint density at radius 3 is 2.48 bits per heavy atom. The first-order valence-corrected chi connectivity index (χ1v) is 10.7. The van der Waals surface area contributed by atoms with Gasteiger partial charge >= 0.3 is 0 Å².